The number of benzene rings is 3. The molecule has 0 aromatic heterocycles. The summed E-state index contributed by atoms with van der Waals surface area (Å²) in [6, 6.07) is 20.2. The molecule has 1 amide bonds. The van der Waals surface area contributed by atoms with Crippen molar-refractivity contribution in [3.05, 3.63) is 89.2 Å². The van der Waals surface area contributed by atoms with Crippen molar-refractivity contribution in [3.8, 4) is 16.9 Å². The number of methoxy groups -OCH3 is 1. The van der Waals surface area contributed by atoms with Crippen LogP contribution in [0.2, 0.25) is 0 Å². The molecule has 7 heteroatoms. The van der Waals surface area contributed by atoms with Gasteiger partial charge in [-0.1, -0.05) is 48.5 Å². The molecule has 0 spiro atoms. The molecule has 2 fully saturated rings. The molecule has 1 aliphatic carbocycles. The Bertz CT molecular complexity index is 1300. The van der Waals surface area contributed by atoms with Gasteiger partial charge in [0.15, 0.2) is 17.3 Å². The number of halogens is 1. The number of ether oxygens (including phenoxy) is 3. The molecule has 0 saturated carbocycles. The maximum Gasteiger partial charge on any atom is 0.410 e. The lowest BCUT2D eigenvalue weighted by Gasteiger charge is -2.47. The van der Waals surface area contributed by atoms with E-state index in [1.54, 1.807) is 4.90 Å². The number of Topliss-reactive ketones (excluding diaryl/α,β-unsaturated/α-hetero) is 1. The molecule has 2 aliphatic heterocycles. The normalized spacial score (nSPS) is 22.2. The van der Waals surface area contributed by atoms with Crippen LogP contribution in [0.4, 0.5) is 9.18 Å². The van der Waals surface area contributed by atoms with Gasteiger partial charge in [0, 0.05) is 17.4 Å². The Morgan fingerprint density at radius 1 is 0.946 bits per heavy atom. The molecule has 3 aromatic rings. The smallest absolute Gasteiger partial charge is 0.410 e. The summed E-state index contributed by atoms with van der Waals surface area (Å²) in [6.45, 7) is 0.968. The zero-order valence-electron chi connectivity index (χ0n) is 20.6. The molecule has 2 unspecified atom stereocenters. The lowest BCUT2D eigenvalue weighted by molar-refractivity contribution is -0.0747. The molecule has 0 N–H and O–H groups in total. The van der Waals surface area contributed by atoms with E-state index >= 15 is 0 Å². The van der Waals surface area contributed by atoms with Gasteiger partial charge in [-0.3, -0.25) is 9.69 Å². The van der Waals surface area contributed by atoms with Crippen molar-refractivity contribution >= 4 is 11.9 Å². The third kappa shape index (κ3) is 4.17. The van der Waals surface area contributed by atoms with Crippen molar-refractivity contribution in [2.75, 3.05) is 26.9 Å². The number of ketones is 1. The number of carbonyl (C=O) groups excluding carboxylic acids is 2. The minimum absolute atomic E-state index is 0.0139. The van der Waals surface area contributed by atoms with Gasteiger partial charge in [-0.2, -0.15) is 0 Å². The number of hydrogen-bond acceptors (Lipinski definition) is 5. The van der Waals surface area contributed by atoms with Crippen LogP contribution in [0.15, 0.2) is 66.7 Å². The number of amides is 1. The summed E-state index contributed by atoms with van der Waals surface area (Å²) < 4.78 is 30.6. The molecule has 6 rings (SSSR count). The third-order valence-corrected chi connectivity index (χ3v) is 7.87. The summed E-state index contributed by atoms with van der Waals surface area (Å²) in [7, 11) is 1.38. The van der Waals surface area contributed by atoms with Gasteiger partial charge in [0.1, 0.15) is 6.61 Å². The quantitative estimate of drug-likeness (QED) is 0.436. The van der Waals surface area contributed by atoms with Crippen LogP contribution in [-0.4, -0.2) is 55.8 Å². The maximum atomic E-state index is 13.8. The van der Waals surface area contributed by atoms with Gasteiger partial charge in [0.25, 0.3) is 0 Å². The van der Waals surface area contributed by atoms with E-state index in [4.69, 9.17) is 14.2 Å². The minimum atomic E-state index is -0.505. The van der Waals surface area contributed by atoms with E-state index in [0.29, 0.717) is 31.6 Å². The van der Waals surface area contributed by atoms with Crippen molar-refractivity contribution < 1.29 is 28.2 Å². The topological polar surface area (TPSA) is 65.1 Å². The van der Waals surface area contributed by atoms with Crippen molar-refractivity contribution in [1.29, 1.82) is 0 Å². The van der Waals surface area contributed by atoms with E-state index in [0.717, 1.165) is 0 Å². The predicted molar refractivity (Wildman–Crippen MR) is 135 cm³/mol. The average Bonchev–Trinajstić information content (AvgIpc) is 3.24. The monoisotopic (exact) mass is 501 g/mol. The summed E-state index contributed by atoms with van der Waals surface area (Å²) in [5.41, 5.74) is 5.11. The highest BCUT2D eigenvalue weighted by molar-refractivity contribution is 5.98. The van der Waals surface area contributed by atoms with Crippen LogP contribution in [0.3, 0.4) is 0 Å². The van der Waals surface area contributed by atoms with E-state index in [2.05, 4.69) is 24.3 Å². The van der Waals surface area contributed by atoms with Gasteiger partial charge < -0.3 is 14.2 Å². The Hall–Kier alpha value is -3.71. The van der Waals surface area contributed by atoms with Crippen molar-refractivity contribution in [1.82, 2.24) is 4.90 Å². The van der Waals surface area contributed by atoms with Crippen LogP contribution in [0.5, 0.6) is 5.75 Å². The Kier molecular flexibility index (Phi) is 6.16. The summed E-state index contributed by atoms with van der Waals surface area (Å²) in [5.74, 6) is -0.825. The molecule has 2 saturated heterocycles. The molecule has 6 nitrogen and oxygen atoms in total. The number of nitrogens with zero attached hydrogens (tertiary/aromatic N) is 1. The zero-order chi connectivity index (χ0) is 25.5. The van der Waals surface area contributed by atoms with Crippen molar-refractivity contribution in [2.45, 2.75) is 30.8 Å². The van der Waals surface area contributed by atoms with Gasteiger partial charge in [0.05, 0.1) is 32.4 Å². The molecule has 3 aromatic carbocycles. The van der Waals surface area contributed by atoms with E-state index in [1.165, 1.54) is 47.6 Å². The number of fused-ring (bicyclic) bond motifs is 5. The highest BCUT2D eigenvalue weighted by Crippen LogP contribution is 2.45. The molecule has 3 aliphatic rings. The lowest BCUT2D eigenvalue weighted by Crippen LogP contribution is -2.60. The molecule has 2 atom stereocenters. The third-order valence-electron chi connectivity index (χ3n) is 7.87. The number of morpholine rings is 1. The van der Waals surface area contributed by atoms with Crippen LogP contribution < -0.4 is 4.74 Å². The molecule has 2 bridgehead atoms. The highest BCUT2D eigenvalue weighted by atomic mass is 19.1. The predicted octanol–water partition coefficient (Wildman–Crippen LogP) is 5.45. The van der Waals surface area contributed by atoms with Gasteiger partial charge in [-0.25, -0.2) is 9.18 Å². The van der Waals surface area contributed by atoms with Crippen LogP contribution in [-0.2, 0) is 9.47 Å². The molecular formula is C30H28FNO5. The van der Waals surface area contributed by atoms with Crippen molar-refractivity contribution in [3.63, 3.8) is 0 Å². The zero-order valence-corrected chi connectivity index (χ0v) is 20.6. The first kappa shape index (κ1) is 23.7. The van der Waals surface area contributed by atoms with Crippen LogP contribution >= 0.6 is 0 Å². The summed E-state index contributed by atoms with van der Waals surface area (Å²) in [6.07, 6.45) is 0.577. The summed E-state index contributed by atoms with van der Waals surface area (Å²) in [5, 5.41) is 0. The SMILES string of the molecule is COc1cc(C(=O)C2CC3COCC(C2)N3C(=O)OCC2c3ccccc3-c3ccccc32)ccc1F. The molecule has 2 heterocycles. The van der Waals surface area contributed by atoms with E-state index in [-0.39, 0.29) is 48.2 Å². The highest BCUT2D eigenvalue weighted by Gasteiger charge is 2.45. The first-order valence-corrected chi connectivity index (χ1v) is 12.6. The Balaban J connectivity index is 1.16. The average molecular weight is 502 g/mol. The summed E-state index contributed by atoms with van der Waals surface area (Å²) in [4.78, 5) is 28.4. The number of rotatable bonds is 5. The second kappa shape index (κ2) is 9.63. The Morgan fingerprint density at radius 3 is 2.19 bits per heavy atom. The van der Waals surface area contributed by atoms with Crippen molar-refractivity contribution in [2.24, 2.45) is 5.92 Å². The molecule has 37 heavy (non-hydrogen) atoms. The van der Waals surface area contributed by atoms with Crippen LogP contribution in [0, 0.1) is 11.7 Å². The number of carbonyl (C=O) groups is 2. The maximum absolute atomic E-state index is 13.8. The van der Waals surface area contributed by atoms with Crippen LogP contribution in [0.25, 0.3) is 11.1 Å². The van der Waals surface area contributed by atoms with E-state index in [1.807, 2.05) is 24.3 Å². The Morgan fingerprint density at radius 2 is 1.57 bits per heavy atom. The fraction of sp³-hybridized carbons (Fsp3) is 0.333. The standard InChI is InChI=1S/C30H28FNO5/c1-35-28-14-18(10-11-27(28)31)29(33)19-12-20-15-36-16-21(13-19)32(20)30(34)37-17-26-24-8-4-2-6-22(24)23-7-3-5-9-25(23)26/h2-11,14,19-21,26H,12-13,15-17H2,1H3. The summed E-state index contributed by atoms with van der Waals surface area (Å²) >= 11 is 0. The van der Waals surface area contributed by atoms with Gasteiger partial charge in [-0.15, -0.1) is 0 Å². The fourth-order valence-corrected chi connectivity index (χ4v) is 6.14. The molecule has 0 radical (unpaired) electrons. The Labute approximate surface area is 214 Å². The largest absolute Gasteiger partial charge is 0.494 e. The lowest BCUT2D eigenvalue weighted by atomic mass is 9.81. The molecular weight excluding hydrogens is 473 g/mol. The fourth-order valence-electron chi connectivity index (χ4n) is 6.14. The second-order valence-electron chi connectivity index (χ2n) is 9.94. The second-order valence-corrected chi connectivity index (χ2v) is 9.94. The number of piperidine rings is 1. The van der Waals surface area contributed by atoms with E-state index < -0.39 is 5.82 Å². The van der Waals surface area contributed by atoms with E-state index in [9.17, 15) is 14.0 Å². The first-order valence-electron chi connectivity index (χ1n) is 12.6. The van der Waals surface area contributed by atoms with Gasteiger partial charge >= 0.3 is 6.09 Å². The minimum Gasteiger partial charge on any atom is -0.494 e. The molecule has 190 valence electrons. The van der Waals surface area contributed by atoms with Gasteiger partial charge in [0.2, 0.25) is 0 Å². The van der Waals surface area contributed by atoms with Crippen LogP contribution in [0.1, 0.15) is 40.2 Å². The van der Waals surface area contributed by atoms with Gasteiger partial charge in [-0.05, 0) is 53.3 Å². The first-order chi connectivity index (χ1) is 18.0. The number of hydrogen-bond donors (Lipinski definition) is 0.